The first-order valence-corrected chi connectivity index (χ1v) is 3.73. The van der Waals surface area contributed by atoms with Crippen LogP contribution in [0.3, 0.4) is 0 Å². The van der Waals surface area contributed by atoms with E-state index in [4.69, 9.17) is 9.15 Å². The molecule has 66 valence electrons. The van der Waals surface area contributed by atoms with E-state index in [1.54, 1.807) is 13.3 Å². The molecule has 0 atom stereocenters. The fourth-order valence-electron chi connectivity index (χ4n) is 0.829. The molecule has 0 spiro atoms. The van der Waals surface area contributed by atoms with E-state index in [-0.39, 0.29) is 0 Å². The van der Waals surface area contributed by atoms with Crippen molar-refractivity contribution in [3.05, 3.63) is 17.8 Å². The lowest BCUT2D eigenvalue weighted by molar-refractivity contribution is -0.107. The second kappa shape index (κ2) is 4.66. The molecule has 0 bridgehead atoms. The van der Waals surface area contributed by atoms with Gasteiger partial charge in [0.15, 0.2) is 5.89 Å². The molecule has 0 aliphatic heterocycles. The van der Waals surface area contributed by atoms with E-state index in [1.165, 1.54) is 0 Å². The Morgan fingerprint density at radius 1 is 1.75 bits per heavy atom. The minimum Gasteiger partial charge on any atom is -0.445 e. The molecule has 0 saturated carbocycles. The largest absolute Gasteiger partial charge is 0.445 e. The molecule has 0 unspecified atom stereocenters. The number of carbonyl (C=O) groups excluding carboxylic acids is 1. The van der Waals surface area contributed by atoms with E-state index in [2.05, 4.69) is 4.98 Å². The normalized spacial score (nSPS) is 10.1. The number of rotatable bonds is 5. The van der Waals surface area contributed by atoms with Crippen LogP contribution in [0, 0.1) is 0 Å². The zero-order chi connectivity index (χ0) is 8.81. The molecule has 0 N–H and O–H groups in total. The van der Waals surface area contributed by atoms with Gasteiger partial charge in [0, 0.05) is 13.5 Å². The van der Waals surface area contributed by atoms with Crippen LogP contribution in [0.5, 0.6) is 0 Å². The molecule has 0 aliphatic rings. The van der Waals surface area contributed by atoms with Gasteiger partial charge in [-0.05, 0) is 0 Å². The Kier molecular flexibility index (Phi) is 3.47. The fourth-order valence-corrected chi connectivity index (χ4v) is 0.829. The van der Waals surface area contributed by atoms with Crippen molar-refractivity contribution < 1.29 is 13.9 Å². The molecule has 12 heavy (non-hydrogen) atoms. The standard InChI is InChI=1S/C8H11NO3/c1-11-5-3-8-9-6-7(12-8)2-4-10/h4,6H,2-3,5H2,1H3. The first kappa shape index (κ1) is 8.93. The molecular weight excluding hydrogens is 158 g/mol. The van der Waals surface area contributed by atoms with Crippen LogP contribution in [0.25, 0.3) is 0 Å². The highest BCUT2D eigenvalue weighted by atomic mass is 16.5. The van der Waals surface area contributed by atoms with Crippen molar-refractivity contribution in [2.24, 2.45) is 0 Å². The van der Waals surface area contributed by atoms with Gasteiger partial charge in [-0.1, -0.05) is 0 Å². The minimum atomic E-state index is 0.292. The van der Waals surface area contributed by atoms with Gasteiger partial charge in [-0.3, -0.25) is 0 Å². The van der Waals surface area contributed by atoms with Gasteiger partial charge in [0.2, 0.25) is 0 Å². The maximum Gasteiger partial charge on any atom is 0.196 e. The predicted molar refractivity (Wildman–Crippen MR) is 41.9 cm³/mol. The molecule has 1 aromatic rings. The lowest BCUT2D eigenvalue weighted by atomic mass is 10.4. The summed E-state index contributed by atoms with van der Waals surface area (Å²) < 4.78 is 10.0. The van der Waals surface area contributed by atoms with Gasteiger partial charge >= 0.3 is 0 Å². The summed E-state index contributed by atoms with van der Waals surface area (Å²) in [5.41, 5.74) is 0. The van der Waals surface area contributed by atoms with Crippen molar-refractivity contribution in [1.82, 2.24) is 4.98 Å². The summed E-state index contributed by atoms with van der Waals surface area (Å²) in [5, 5.41) is 0. The molecule has 1 aromatic heterocycles. The Labute approximate surface area is 70.5 Å². The minimum absolute atomic E-state index is 0.292. The van der Waals surface area contributed by atoms with Crippen LogP contribution in [0.1, 0.15) is 11.7 Å². The van der Waals surface area contributed by atoms with Gasteiger partial charge in [0.1, 0.15) is 12.0 Å². The number of nitrogens with zero attached hydrogens (tertiary/aromatic N) is 1. The highest BCUT2D eigenvalue weighted by Gasteiger charge is 2.01. The lowest BCUT2D eigenvalue weighted by Gasteiger charge is -1.92. The van der Waals surface area contributed by atoms with Crippen LogP contribution in [-0.4, -0.2) is 25.0 Å². The van der Waals surface area contributed by atoms with E-state index < -0.39 is 0 Å². The highest BCUT2D eigenvalue weighted by molar-refractivity contribution is 5.52. The van der Waals surface area contributed by atoms with Crippen molar-refractivity contribution in [3.8, 4) is 0 Å². The van der Waals surface area contributed by atoms with Gasteiger partial charge in [-0.2, -0.15) is 0 Å². The quantitative estimate of drug-likeness (QED) is 0.606. The predicted octanol–water partition coefficient (Wildman–Crippen LogP) is 0.605. The second-order valence-corrected chi connectivity index (χ2v) is 2.33. The first-order valence-electron chi connectivity index (χ1n) is 3.73. The zero-order valence-corrected chi connectivity index (χ0v) is 6.95. The summed E-state index contributed by atoms with van der Waals surface area (Å²) in [7, 11) is 1.62. The SMILES string of the molecule is COCCc1ncc(CC=O)o1. The number of hydrogen-bond donors (Lipinski definition) is 0. The summed E-state index contributed by atoms with van der Waals surface area (Å²) >= 11 is 0. The third-order valence-corrected chi connectivity index (χ3v) is 1.41. The fraction of sp³-hybridized carbons (Fsp3) is 0.500. The molecule has 1 heterocycles. The van der Waals surface area contributed by atoms with Gasteiger partial charge in [0.25, 0.3) is 0 Å². The Morgan fingerprint density at radius 3 is 3.25 bits per heavy atom. The number of ether oxygens (including phenoxy) is 1. The van der Waals surface area contributed by atoms with Crippen molar-refractivity contribution >= 4 is 6.29 Å². The third-order valence-electron chi connectivity index (χ3n) is 1.41. The summed E-state index contributed by atoms with van der Waals surface area (Å²) in [6.07, 6.45) is 3.30. The molecular formula is C8H11NO3. The molecule has 1 rings (SSSR count). The monoisotopic (exact) mass is 169 g/mol. The lowest BCUT2D eigenvalue weighted by Crippen LogP contribution is -1.93. The van der Waals surface area contributed by atoms with E-state index in [0.717, 1.165) is 6.29 Å². The van der Waals surface area contributed by atoms with E-state index in [9.17, 15) is 4.79 Å². The van der Waals surface area contributed by atoms with Gasteiger partial charge in [0.05, 0.1) is 19.2 Å². The second-order valence-electron chi connectivity index (χ2n) is 2.33. The van der Waals surface area contributed by atoms with Crippen molar-refractivity contribution in [1.29, 1.82) is 0 Å². The van der Waals surface area contributed by atoms with Crippen LogP contribution in [0.4, 0.5) is 0 Å². The topological polar surface area (TPSA) is 52.3 Å². The summed E-state index contributed by atoms with van der Waals surface area (Å²) in [5.74, 6) is 1.23. The number of carbonyl (C=O) groups is 1. The molecule has 0 saturated heterocycles. The van der Waals surface area contributed by atoms with Crippen LogP contribution in [0.2, 0.25) is 0 Å². The number of hydrogen-bond acceptors (Lipinski definition) is 4. The molecule has 4 nitrogen and oxygen atoms in total. The molecule has 0 radical (unpaired) electrons. The number of oxazole rings is 1. The van der Waals surface area contributed by atoms with E-state index in [1.807, 2.05) is 0 Å². The van der Waals surface area contributed by atoms with Gasteiger partial charge in [-0.15, -0.1) is 0 Å². The van der Waals surface area contributed by atoms with Crippen LogP contribution >= 0.6 is 0 Å². The molecule has 4 heteroatoms. The van der Waals surface area contributed by atoms with Crippen LogP contribution in [0.15, 0.2) is 10.6 Å². The first-order chi connectivity index (χ1) is 5.86. The molecule has 0 fully saturated rings. The smallest absolute Gasteiger partial charge is 0.196 e. The van der Waals surface area contributed by atoms with Gasteiger partial charge < -0.3 is 13.9 Å². The molecule has 0 aromatic carbocycles. The highest BCUT2D eigenvalue weighted by Crippen LogP contribution is 2.03. The van der Waals surface area contributed by atoms with E-state index in [0.29, 0.717) is 31.1 Å². The number of aldehydes is 1. The third kappa shape index (κ3) is 2.47. The maximum absolute atomic E-state index is 10.1. The Morgan fingerprint density at radius 2 is 2.58 bits per heavy atom. The van der Waals surface area contributed by atoms with Crippen molar-refractivity contribution in [2.75, 3.05) is 13.7 Å². The number of aromatic nitrogens is 1. The summed E-state index contributed by atoms with van der Waals surface area (Å²) in [6, 6.07) is 0. The Bertz CT molecular complexity index is 244. The Hall–Kier alpha value is -1.16. The molecule has 0 aliphatic carbocycles. The van der Waals surface area contributed by atoms with Gasteiger partial charge in [-0.25, -0.2) is 4.98 Å². The zero-order valence-electron chi connectivity index (χ0n) is 6.95. The molecule has 0 amide bonds. The number of methoxy groups -OCH3 is 1. The van der Waals surface area contributed by atoms with Crippen LogP contribution < -0.4 is 0 Å². The van der Waals surface area contributed by atoms with E-state index >= 15 is 0 Å². The average Bonchev–Trinajstić information content (AvgIpc) is 2.50. The summed E-state index contributed by atoms with van der Waals surface area (Å²) in [6.45, 7) is 0.584. The van der Waals surface area contributed by atoms with Crippen molar-refractivity contribution in [2.45, 2.75) is 12.8 Å². The van der Waals surface area contributed by atoms with Crippen LogP contribution in [-0.2, 0) is 22.4 Å². The van der Waals surface area contributed by atoms with Crippen molar-refractivity contribution in [3.63, 3.8) is 0 Å². The maximum atomic E-state index is 10.1. The average molecular weight is 169 g/mol. The summed E-state index contributed by atoms with van der Waals surface area (Å²) in [4.78, 5) is 14.1. The Balaban J connectivity index is 2.46.